The van der Waals surface area contributed by atoms with Gasteiger partial charge in [-0.2, -0.15) is 4.98 Å². The predicted molar refractivity (Wildman–Crippen MR) is 87.0 cm³/mol. The number of thiophene rings is 1. The third kappa shape index (κ3) is 2.64. The molecular weight excluding hydrogens is 329 g/mol. The van der Waals surface area contributed by atoms with Crippen molar-refractivity contribution in [2.24, 2.45) is 0 Å². The van der Waals surface area contributed by atoms with E-state index in [1.165, 1.54) is 11.3 Å². The molecule has 4 nitrogen and oxygen atoms in total. The molecule has 0 spiro atoms. The number of aryl methyl sites for hydroxylation is 1. The number of hydrogen-bond donors (Lipinski definition) is 1. The lowest BCUT2D eigenvalue weighted by atomic mass is 10.1. The van der Waals surface area contributed by atoms with Crippen molar-refractivity contribution < 1.29 is 4.52 Å². The van der Waals surface area contributed by atoms with Crippen LogP contribution in [0.5, 0.6) is 0 Å². The summed E-state index contributed by atoms with van der Waals surface area (Å²) in [4.78, 5) is 5.53. The Hall–Kier alpha value is -1.56. The largest absolute Gasteiger partial charge is 0.390 e. The molecule has 2 heterocycles. The molecule has 3 rings (SSSR count). The molecule has 21 heavy (non-hydrogen) atoms. The molecule has 2 aromatic heterocycles. The van der Waals surface area contributed by atoms with Gasteiger partial charge in [-0.25, -0.2) is 0 Å². The van der Waals surface area contributed by atoms with Crippen LogP contribution < -0.4 is 5.73 Å². The van der Waals surface area contributed by atoms with Crippen LogP contribution in [-0.4, -0.2) is 10.1 Å². The molecule has 0 atom stereocenters. The zero-order valence-corrected chi connectivity index (χ0v) is 13.6. The van der Waals surface area contributed by atoms with Crippen LogP contribution >= 0.6 is 34.5 Å². The summed E-state index contributed by atoms with van der Waals surface area (Å²) < 4.78 is 5.34. The maximum absolute atomic E-state index is 6.02. The van der Waals surface area contributed by atoms with Gasteiger partial charge in [-0.1, -0.05) is 28.4 Å². The molecule has 3 aromatic rings. The molecule has 0 aliphatic rings. The first-order valence-corrected chi connectivity index (χ1v) is 7.69. The van der Waals surface area contributed by atoms with E-state index in [-0.39, 0.29) is 0 Å². The van der Waals surface area contributed by atoms with Crippen LogP contribution in [-0.2, 0) is 0 Å². The second-order valence-electron chi connectivity index (χ2n) is 4.60. The summed E-state index contributed by atoms with van der Waals surface area (Å²) in [6.07, 6.45) is 0. The Morgan fingerprint density at radius 3 is 2.38 bits per heavy atom. The minimum absolute atomic E-state index is 0.403. The molecule has 0 saturated carbocycles. The monoisotopic (exact) mass is 339 g/mol. The van der Waals surface area contributed by atoms with Gasteiger partial charge in [0.15, 0.2) is 0 Å². The van der Waals surface area contributed by atoms with Crippen molar-refractivity contribution >= 4 is 39.5 Å². The van der Waals surface area contributed by atoms with Crippen LogP contribution in [0.3, 0.4) is 0 Å². The number of nitrogens with two attached hydrogens (primary N) is 1. The number of halogens is 2. The summed E-state index contributed by atoms with van der Waals surface area (Å²) in [5.41, 5.74) is 8.57. The third-order valence-corrected chi connectivity index (χ3v) is 4.65. The number of nitrogens with zero attached hydrogens (tertiary/aromatic N) is 2. The zero-order valence-electron chi connectivity index (χ0n) is 11.3. The molecule has 0 unspecified atom stereocenters. The van der Waals surface area contributed by atoms with Gasteiger partial charge in [0.05, 0.1) is 10.6 Å². The highest BCUT2D eigenvalue weighted by molar-refractivity contribution is 7.16. The van der Waals surface area contributed by atoms with Gasteiger partial charge < -0.3 is 10.3 Å². The normalized spacial score (nSPS) is 11.0. The zero-order chi connectivity index (χ0) is 15.1. The lowest BCUT2D eigenvalue weighted by molar-refractivity contribution is 0.432. The second-order valence-corrected chi connectivity index (χ2v) is 6.73. The number of rotatable bonds is 2. The molecule has 0 aliphatic carbocycles. The number of hydrogen-bond acceptors (Lipinski definition) is 5. The molecule has 0 fully saturated rings. The van der Waals surface area contributed by atoms with Crippen LogP contribution in [0.15, 0.2) is 22.7 Å². The average molecular weight is 340 g/mol. The Morgan fingerprint density at radius 2 is 1.81 bits per heavy atom. The lowest BCUT2D eigenvalue weighted by Gasteiger charge is -1.97. The summed E-state index contributed by atoms with van der Waals surface area (Å²) in [5, 5.41) is 5.69. The highest BCUT2D eigenvalue weighted by Crippen LogP contribution is 2.38. The minimum Gasteiger partial charge on any atom is -0.390 e. The van der Waals surface area contributed by atoms with Gasteiger partial charge in [-0.3, -0.25) is 0 Å². The lowest BCUT2D eigenvalue weighted by Crippen LogP contribution is -1.87. The van der Waals surface area contributed by atoms with E-state index in [1.54, 1.807) is 18.2 Å². The highest BCUT2D eigenvalue weighted by atomic mass is 35.5. The number of aromatic nitrogens is 2. The fraction of sp³-hybridized carbons (Fsp3) is 0.143. The van der Waals surface area contributed by atoms with Crippen molar-refractivity contribution in [1.29, 1.82) is 0 Å². The average Bonchev–Trinajstić information content (AvgIpc) is 2.95. The fourth-order valence-electron chi connectivity index (χ4n) is 2.04. The molecule has 0 amide bonds. The summed E-state index contributed by atoms with van der Waals surface area (Å²) in [6, 6.07) is 5.12. The number of anilines is 1. The van der Waals surface area contributed by atoms with Crippen molar-refractivity contribution in [2.75, 3.05) is 5.73 Å². The smallest absolute Gasteiger partial charge is 0.261 e. The van der Waals surface area contributed by atoms with E-state index in [1.807, 2.05) is 13.8 Å². The van der Waals surface area contributed by atoms with Gasteiger partial charge in [0.2, 0.25) is 5.82 Å². The number of benzene rings is 1. The molecule has 7 heteroatoms. The van der Waals surface area contributed by atoms with Crippen molar-refractivity contribution in [3.8, 4) is 22.8 Å². The first-order valence-electron chi connectivity index (χ1n) is 6.11. The number of nitrogen functional groups attached to an aromatic ring is 1. The van der Waals surface area contributed by atoms with E-state index in [4.69, 9.17) is 33.5 Å². The van der Waals surface area contributed by atoms with E-state index in [0.717, 1.165) is 16.0 Å². The van der Waals surface area contributed by atoms with Crippen LogP contribution in [0.1, 0.15) is 10.4 Å². The van der Waals surface area contributed by atoms with Gasteiger partial charge in [-0.05, 0) is 37.6 Å². The molecule has 0 bridgehead atoms. The Kier molecular flexibility index (Phi) is 3.65. The van der Waals surface area contributed by atoms with Gasteiger partial charge in [0.1, 0.15) is 0 Å². The van der Waals surface area contributed by atoms with Crippen LogP contribution in [0.2, 0.25) is 10.0 Å². The van der Waals surface area contributed by atoms with E-state index >= 15 is 0 Å². The van der Waals surface area contributed by atoms with E-state index < -0.39 is 0 Å². The summed E-state index contributed by atoms with van der Waals surface area (Å²) in [6.45, 7) is 3.99. The van der Waals surface area contributed by atoms with Crippen LogP contribution in [0.25, 0.3) is 22.8 Å². The molecule has 1 aromatic carbocycles. The first kappa shape index (κ1) is 14.4. The van der Waals surface area contributed by atoms with Crippen LogP contribution in [0.4, 0.5) is 5.00 Å². The van der Waals surface area contributed by atoms with E-state index in [0.29, 0.717) is 32.3 Å². The Balaban J connectivity index is 2.08. The predicted octanol–water partition coefficient (Wildman–Crippen LogP) is 4.97. The maximum atomic E-state index is 6.02. The van der Waals surface area contributed by atoms with Gasteiger partial charge in [-0.15, -0.1) is 11.3 Å². The van der Waals surface area contributed by atoms with Gasteiger partial charge in [0, 0.05) is 20.5 Å². The Morgan fingerprint density at radius 1 is 1.14 bits per heavy atom. The van der Waals surface area contributed by atoms with Crippen molar-refractivity contribution in [1.82, 2.24) is 10.1 Å². The topological polar surface area (TPSA) is 64.9 Å². The Labute approximate surface area is 135 Å². The van der Waals surface area contributed by atoms with Crippen LogP contribution in [0, 0.1) is 13.8 Å². The molecule has 0 saturated heterocycles. The molecule has 0 radical (unpaired) electrons. The summed E-state index contributed by atoms with van der Waals surface area (Å²) in [5.74, 6) is 0.831. The molecule has 108 valence electrons. The quantitative estimate of drug-likeness (QED) is 0.715. The SMILES string of the molecule is Cc1sc(N)c(-c2nc(-c3cc(Cl)cc(Cl)c3)no2)c1C. The minimum atomic E-state index is 0.403. The Bertz CT molecular complexity index is 805. The molecule has 2 N–H and O–H groups in total. The van der Waals surface area contributed by atoms with E-state index in [2.05, 4.69) is 10.1 Å². The maximum Gasteiger partial charge on any atom is 0.261 e. The van der Waals surface area contributed by atoms with Crippen molar-refractivity contribution in [3.05, 3.63) is 38.7 Å². The van der Waals surface area contributed by atoms with Crippen molar-refractivity contribution in [2.45, 2.75) is 13.8 Å². The van der Waals surface area contributed by atoms with Gasteiger partial charge in [0.25, 0.3) is 5.89 Å². The van der Waals surface area contributed by atoms with Gasteiger partial charge >= 0.3 is 0 Å². The summed E-state index contributed by atoms with van der Waals surface area (Å²) in [7, 11) is 0. The first-order chi connectivity index (χ1) is 9.95. The molecule has 0 aliphatic heterocycles. The standard InChI is InChI=1S/C14H11Cl2N3OS/c1-6-7(2)21-12(17)11(6)14-18-13(19-20-14)8-3-9(15)5-10(16)4-8/h3-5H,17H2,1-2H3. The third-order valence-electron chi connectivity index (χ3n) is 3.17. The van der Waals surface area contributed by atoms with Crippen molar-refractivity contribution in [3.63, 3.8) is 0 Å². The highest BCUT2D eigenvalue weighted by Gasteiger charge is 2.19. The summed E-state index contributed by atoms with van der Waals surface area (Å²) >= 11 is 13.5. The fourth-order valence-corrected chi connectivity index (χ4v) is 3.50. The second kappa shape index (κ2) is 5.33. The van der Waals surface area contributed by atoms with E-state index in [9.17, 15) is 0 Å². The molecular formula is C14H11Cl2N3OS.